The van der Waals surface area contributed by atoms with E-state index in [9.17, 15) is 27.6 Å². The Morgan fingerprint density at radius 3 is 2.40 bits per heavy atom. The predicted octanol–water partition coefficient (Wildman–Crippen LogP) is 7.31. The van der Waals surface area contributed by atoms with Crippen molar-refractivity contribution in [2.45, 2.75) is 95.2 Å². The van der Waals surface area contributed by atoms with Crippen LogP contribution in [0.25, 0.3) is 0 Å². The second-order valence-electron chi connectivity index (χ2n) is 14.6. The van der Waals surface area contributed by atoms with Gasteiger partial charge in [0.25, 0.3) is 5.91 Å². The van der Waals surface area contributed by atoms with Gasteiger partial charge in [0.1, 0.15) is 27.5 Å². The van der Waals surface area contributed by atoms with Crippen molar-refractivity contribution in [3.63, 3.8) is 0 Å². The van der Waals surface area contributed by atoms with E-state index in [0.717, 1.165) is 10.5 Å². The van der Waals surface area contributed by atoms with Crippen LogP contribution in [0.15, 0.2) is 52.1 Å². The number of allylic oxidation sites excluding steroid dienone is 1. The van der Waals surface area contributed by atoms with Crippen LogP contribution in [0.2, 0.25) is 10.2 Å². The lowest BCUT2D eigenvalue weighted by atomic mass is 9.81. The molecule has 0 N–H and O–H groups in total. The van der Waals surface area contributed by atoms with Gasteiger partial charge in [-0.25, -0.2) is 14.4 Å². The molecule has 7 rings (SSSR count). The summed E-state index contributed by atoms with van der Waals surface area (Å²) >= 11 is 13.5. The van der Waals surface area contributed by atoms with E-state index >= 15 is 4.39 Å². The number of piperazine rings is 1. The first-order valence-corrected chi connectivity index (χ1v) is 19.0. The normalized spacial score (nSPS) is 26.8. The van der Waals surface area contributed by atoms with E-state index in [0.29, 0.717) is 58.6 Å². The molecule has 4 atom stereocenters. The van der Waals surface area contributed by atoms with E-state index in [-0.39, 0.29) is 48.4 Å². The number of benzene rings is 1. The van der Waals surface area contributed by atoms with Gasteiger partial charge in [-0.15, -0.1) is 0 Å². The van der Waals surface area contributed by atoms with Crippen molar-refractivity contribution in [2.75, 3.05) is 19.6 Å². The Balaban J connectivity index is 1.23. The van der Waals surface area contributed by atoms with Gasteiger partial charge >= 0.3 is 12.1 Å². The SMILES string of the molecule is CC[C@@H]1CC[C@H](C(=O)N2CCN(C(=O)C(F)(F)F)C3(CC3)C2)N1C(=O)C1=C(C(C)C)N2C(=N[C@@](C)(c3ccc(Cl)nc3)[C@H]2c2ccc(Cl)c(F)c2)S1. The fraction of sp³-hybridized carbons (Fsp3) is 0.528. The first-order chi connectivity index (χ1) is 24.5. The zero-order chi connectivity index (χ0) is 37.5. The number of amidine groups is 1. The van der Waals surface area contributed by atoms with Crippen molar-refractivity contribution >= 4 is 57.9 Å². The number of alkyl halides is 3. The minimum absolute atomic E-state index is 0.000278. The number of amides is 3. The van der Waals surface area contributed by atoms with Crippen LogP contribution in [-0.2, 0) is 19.9 Å². The second kappa shape index (κ2) is 13.2. The van der Waals surface area contributed by atoms with E-state index in [2.05, 4.69) is 4.98 Å². The van der Waals surface area contributed by atoms with Gasteiger partial charge in [0, 0.05) is 43.1 Å². The number of hydrogen-bond acceptors (Lipinski definition) is 7. The van der Waals surface area contributed by atoms with Crippen LogP contribution in [0.3, 0.4) is 0 Å². The summed E-state index contributed by atoms with van der Waals surface area (Å²) in [5, 5.41) is 0.822. The minimum Gasteiger partial charge on any atom is -0.337 e. The highest BCUT2D eigenvalue weighted by Gasteiger charge is 2.60. The van der Waals surface area contributed by atoms with E-state index in [1.165, 1.54) is 28.8 Å². The molecule has 2 saturated heterocycles. The maximum absolute atomic E-state index is 15.1. The molecule has 1 aromatic carbocycles. The number of halogens is 6. The van der Waals surface area contributed by atoms with Gasteiger partial charge in [0.2, 0.25) is 5.91 Å². The maximum Gasteiger partial charge on any atom is 0.471 e. The molecule has 52 heavy (non-hydrogen) atoms. The Labute approximate surface area is 313 Å². The molecule has 3 amide bonds. The molecule has 0 unspecified atom stereocenters. The average molecular weight is 782 g/mol. The fourth-order valence-electron chi connectivity index (χ4n) is 8.36. The van der Waals surface area contributed by atoms with Crippen molar-refractivity contribution in [3.05, 3.63) is 74.3 Å². The standard InChI is InChI=1S/C36H38Cl2F4N6O3S/c1-5-22-8-10-25(30(49)45-14-15-46(32(51)36(40,41)42)35(18-45)12-13-35)47(22)31(50)28-27(19(2)3)48-29(20-6-9-23(37)24(39)16-20)34(4,44-33(48)52-28)21-7-11-26(38)43-17-21/h6-7,9,11,16-17,19,22,25,29H,5,8,10,12-15,18H2,1-4H3/t22-,25-,29-,34+/m1/s1. The van der Waals surface area contributed by atoms with Crippen LogP contribution in [0.4, 0.5) is 17.6 Å². The van der Waals surface area contributed by atoms with Crippen LogP contribution < -0.4 is 0 Å². The van der Waals surface area contributed by atoms with Crippen molar-refractivity contribution in [1.29, 1.82) is 0 Å². The molecule has 278 valence electrons. The van der Waals surface area contributed by atoms with E-state index in [1.54, 1.807) is 23.2 Å². The summed E-state index contributed by atoms with van der Waals surface area (Å²) in [6.07, 6.45) is -0.996. The Morgan fingerprint density at radius 1 is 1.08 bits per heavy atom. The average Bonchev–Trinajstić information content (AvgIpc) is 3.43. The summed E-state index contributed by atoms with van der Waals surface area (Å²) < 4.78 is 55.2. The van der Waals surface area contributed by atoms with Gasteiger partial charge in [0.15, 0.2) is 5.17 Å². The molecule has 16 heteroatoms. The number of rotatable bonds is 6. The zero-order valence-corrected chi connectivity index (χ0v) is 31.3. The first kappa shape index (κ1) is 37.0. The number of pyridine rings is 1. The van der Waals surface area contributed by atoms with Crippen LogP contribution in [-0.4, -0.2) is 90.9 Å². The highest BCUT2D eigenvalue weighted by Crippen LogP contribution is 2.57. The second-order valence-corrected chi connectivity index (χ2v) is 16.4. The van der Waals surface area contributed by atoms with Gasteiger partial charge in [-0.2, -0.15) is 13.2 Å². The molecule has 0 bridgehead atoms. The summed E-state index contributed by atoms with van der Waals surface area (Å²) in [6, 6.07) is 6.46. The van der Waals surface area contributed by atoms with Crippen LogP contribution in [0, 0.1) is 11.7 Å². The molecule has 5 heterocycles. The highest BCUT2D eigenvalue weighted by molar-refractivity contribution is 8.18. The molecule has 5 aliphatic rings. The Kier molecular flexibility index (Phi) is 9.38. The largest absolute Gasteiger partial charge is 0.471 e. The van der Waals surface area contributed by atoms with Crippen molar-refractivity contribution in [1.82, 2.24) is 24.6 Å². The van der Waals surface area contributed by atoms with E-state index in [1.807, 2.05) is 38.7 Å². The van der Waals surface area contributed by atoms with E-state index < -0.39 is 41.1 Å². The highest BCUT2D eigenvalue weighted by atomic mass is 35.5. The van der Waals surface area contributed by atoms with Crippen molar-refractivity contribution in [3.8, 4) is 0 Å². The third-order valence-electron chi connectivity index (χ3n) is 11.1. The van der Waals surface area contributed by atoms with Crippen molar-refractivity contribution in [2.24, 2.45) is 10.9 Å². The summed E-state index contributed by atoms with van der Waals surface area (Å²) in [5.41, 5.74) is 0.00385. The quantitative estimate of drug-likeness (QED) is 0.226. The lowest BCUT2D eigenvalue weighted by Gasteiger charge is -2.44. The minimum atomic E-state index is -4.99. The summed E-state index contributed by atoms with van der Waals surface area (Å²) in [5.74, 6) is -3.31. The maximum atomic E-state index is 15.1. The van der Waals surface area contributed by atoms with Gasteiger partial charge in [-0.1, -0.05) is 56.1 Å². The Morgan fingerprint density at radius 2 is 1.81 bits per heavy atom. The predicted molar refractivity (Wildman–Crippen MR) is 190 cm³/mol. The molecule has 9 nitrogen and oxygen atoms in total. The van der Waals surface area contributed by atoms with Crippen LogP contribution in [0.5, 0.6) is 0 Å². The number of thioether (sulfide) groups is 1. The molecule has 2 aromatic rings. The Bertz CT molecular complexity index is 1890. The summed E-state index contributed by atoms with van der Waals surface area (Å²) in [7, 11) is 0. The summed E-state index contributed by atoms with van der Waals surface area (Å²) in [6.45, 7) is 7.55. The fourth-order valence-corrected chi connectivity index (χ4v) is 9.94. The number of aliphatic imine (C=N–C) groups is 1. The van der Waals surface area contributed by atoms with E-state index in [4.69, 9.17) is 28.2 Å². The summed E-state index contributed by atoms with van der Waals surface area (Å²) in [4.78, 5) is 57.3. The van der Waals surface area contributed by atoms with Gasteiger partial charge in [-0.05, 0) is 80.5 Å². The molecule has 1 spiro atoms. The third kappa shape index (κ3) is 6.06. The number of likely N-dealkylation sites (tertiary alicyclic amines) is 1. The number of hydrogen-bond donors (Lipinski definition) is 0. The van der Waals surface area contributed by atoms with Crippen molar-refractivity contribution < 1.29 is 31.9 Å². The topological polar surface area (TPSA) is 89.4 Å². The van der Waals surface area contributed by atoms with Gasteiger partial charge in [-0.3, -0.25) is 14.4 Å². The monoisotopic (exact) mass is 780 g/mol. The molecule has 3 fully saturated rings. The molecule has 1 aromatic heterocycles. The molecule has 4 aliphatic heterocycles. The molecule has 1 saturated carbocycles. The Hall–Kier alpha value is -3.36. The lowest BCUT2D eigenvalue weighted by Crippen LogP contribution is -2.62. The van der Waals surface area contributed by atoms with Gasteiger partial charge < -0.3 is 19.6 Å². The van der Waals surface area contributed by atoms with Gasteiger partial charge in [0.05, 0.1) is 16.6 Å². The van der Waals surface area contributed by atoms with Crippen LogP contribution >= 0.6 is 35.0 Å². The first-order valence-electron chi connectivity index (χ1n) is 17.4. The number of carbonyl (C=O) groups excluding carboxylic acids is 3. The molecular formula is C36H38Cl2F4N6O3S. The number of aromatic nitrogens is 1. The molecular weight excluding hydrogens is 743 g/mol. The number of fused-ring (bicyclic) bond motifs is 1. The number of nitrogens with zero attached hydrogens (tertiary/aromatic N) is 6. The lowest BCUT2D eigenvalue weighted by molar-refractivity contribution is -0.191. The molecule has 1 aliphatic carbocycles. The van der Waals surface area contributed by atoms with Crippen LogP contribution in [0.1, 0.15) is 77.0 Å². The smallest absolute Gasteiger partial charge is 0.337 e. The number of carbonyl (C=O) groups is 3. The third-order valence-corrected chi connectivity index (χ3v) is 12.7. The molecule has 0 radical (unpaired) electrons. The zero-order valence-electron chi connectivity index (χ0n) is 29.0.